The number of rotatable bonds is 2. The summed E-state index contributed by atoms with van der Waals surface area (Å²) in [4.78, 5) is 12.8. The Hall–Kier alpha value is -2.27. The summed E-state index contributed by atoms with van der Waals surface area (Å²) in [6.45, 7) is 0. The monoisotopic (exact) mass is 239 g/mol. The van der Waals surface area contributed by atoms with Crippen molar-refractivity contribution in [3.8, 4) is 0 Å². The average Bonchev–Trinajstić information content (AvgIpc) is 2.83. The summed E-state index contributed by atoms with van der Waals surface area (Å²) in [6, 6.07) is 5.61. The summed E-state index contributed by atoms with van der Waals surface area (Å²) in [7, 11) is 1.93. The molecule has 2 heterocycles. The number of hydrogen-bond acceptors (Lipinski definition) is 4. The van der Waals surface area contributed by atoms with Crippen LogP contribution < -0.4 is 5.73 Å². The molecule has 0 fully saturated rings. The van der Waals surface area contributed by atoms with E-state index in [0.29, 0.717) is 0 Å². The van der Waals surface area contributed by atoms with Gasteiger partial charge in [-0.05, 0) is 17.7 Å². The lowest BCUT2D eigenvalue weighted by atomic mass is 10.1. The van der Waals surface area contributed by atoms with Crippen LogP contribution in [0.15, 0.2) is 43.0 Å². The van der Waals surface area contributed by atoms with Crippen LogP contribution in [-0.2, 0) is 7.05 Å². The Kier molecular flexibility index (Phi) is 2.53. The number of aryl methyl sites for hydroxylation is 1. The van der Waals surface area contributed by atoms with Crippen LogP contribution >= 0.6 is 0 Å². The number of fused-ring (bicyclic) bond motifs is 1. The van der Waals surface area contributed by atoms with Crippen molar-refractivity contribution in [1.82, 2.24) is 19.5 Å². The van der Waals surface area contributed by atoms with Crippen molar-refractivity contribution in [2.45, 2.75) is 6.04 Å². The predicted molar refractivity (Wildman–Crippen MR) is 68.8 cm³/mol. The summed E-state index contributed by atoms with van der Waals surface area (Å²) in [6.07, 6.45) is 6.99. The highest BCUT2D eigenvalue weighted by molar-refractivity contribution is 5.74. The molecule has 0 aliphatic carbocycles. The van der Waals surface area contributed by atoms with Gasteiger partial charge < -0.3 is 10.3 Å². The fraction of sp³-hybridized carbons (Fsp3) is 0.154. The Bertz CT molecular complexity index is 688. The van der Waals surface area contributed by atoms with Crippen molar-refractivity contribution in [2.75, 3.05) is 0 Å². The van der Waals surface area contributed by atoms with E-state index >= 15 is 0 Å². The van der Waals surface area contributed by atoms with Crippen molar-refractivity contribution in [1.29, 1.82) is 0 Å². The van der Waals surface area contributed by atoms with E-state index in [1.165, 1.54) is 0 Å². The first-order valence-electron chi connectivity index (χ1n) is 5.69. The normalized spacial score (nSPS) is 12.8. The molecule has 3 rings (SSSR count). The summed E-state index contributed by atoms with van der Waals surface area (Å²) >= 11 is 0. The van der Waals surface area contributed by atoms with E-state index in [1.807, 2.05) is 36.0 Å². The van der Waals surface area contributed by atoms with Gasteiger partial charge in [0.15, 0.2) is 0 Å². The minimum atomic E-state index is -0.253. The van der Waals surface area contributed by atoms with Crippen LogP contribution in [-0.4, -0.2) is 19.5 Å². The topological polar surface area (TPSA) is 69.6 Å². The minimum absolute atomic E-state index is 0.253. The van der Waals surface area contributed by atoms with Crippen molar-refractivity contribution in [3.63, 3.8) is 0 Å². The lowest BCUT2D eigenvalue weighted by Gasteiger charge is -2.12. The third-order valence-electron chi connectivity index (χ3n) is 2.99. The zero-order valence-corrected chi connectivity index (χ0v) is 9.99. The third-order valence-corrected chi connectivity index (χ3v) is 2.99. The second kappa shape index (κ2) is 4.19. The van der Waals surface area contributed by atoms with Gasteiger partial charge in [0.05, 0.1) is 17.1 Å². The molecular weight excluding hydrogens is 226 g/mol. The Balaban J connectivity index is 2.07. The van der Waals surface area contributed by atoms with Gasteiger partial charge in [0.1, 0.15) is 5.82 Å². The quantitative estimate of drug-likeness (QED) is 0.734. The standard InChI is InChI=1S/C13H13N5/c1-18-7-6-17-13(18)12(14)9-2-3-10-11(8-9)16-5-4-15-10/h2-8,12H,14H2,1H3. The summed E-state index contributed by atoms with van der Waals surface area (Å²) in [5.41, 5.74) is 8.92. The van der Waals surface area contributed by atoms with Gasteiger partial charge in [0.25, 0.3) is 0 Å². The summed E-state index contributed by atoms with van der Waals surface area (Å²) in [5, 5.41) is 0. The van der Waals surface area contributed by atoms with E-state index < -0.39 is 0 Å². The molecule has 1 atom stereocenters. The largest absolute Gasteiger partial charge is 0.336 e. The molecule has 1 aromatic carbocycles. The molecule has 0 bridgehead atoms. The van der Waals surface area contributed by atoms with Crippen molar-refractivity contribution in [3.05, 3.63) is 54.4 Å². The van der Waals surface area contributed by atoms with Crippen molar-refractivity contribution >= 4 is 11.0 Å². The lowest BCUT2D eigenvalue weighted by molar-refractivity contribution is 0.717. The van der Waals surface area contributed by atoms with Crippen LogP contribution in [0.1, 0.15) is 17.4 Å². The molecule has 1 unspecified atom stereocenters. The fourth-order valence-corrected chi connectivity index (χ4v) is 2.00. The summed E-state index contributed by atoms with van der Waals surface area (Å²) < 4.78 is 1.92. The average molecular weight is 239 g/mol. The molecule has 90 valence electrons. The van der Waals surface area contributed by atoms with E-state index in [4.69, 9.17) is 5.73 Å². The maximum atomic E-state index is 6.22. The highest BCUT2D eigenvalue weighted by atomic mass is 15.1. The first-order chi connectivity index (χ1) is 8.75. The molecule has 5 heteroatoms. The van der Waals surface area contributed by atoms with Crippen LogP contribution in [0.5, 0.6) is 0 Å². The Morgan fingerprint density at radius 2 is 1.83 bits per heavy atom. The number of nitrogens with zero attached hydrogens (tertiary/aromatic N) is 4. The number of nitrogens with two attached hydrogens (primary N) is 1. The van der Waals surface area contributed by atoms with E-state index in [0.717, 1.165) is 22.4 Å². The molecule has 3 aromatic rings. The molecule has 0 amide bonds. The predicted octanol–water partition coefficient (Wildman–Crippen LogP) is 1.41. The number of benzene rings is 1. The van der Waals surface area contributed by atoms with Gasteiger partial charge in [-0.3, -0.25) is 9.97 Å². The molecular formula is C13H13N5. The zero-order chi connectivity index (χ0) is 12.5. The molecule has 0 saturated carbocycles. The van der Waals surface area contributed by atoms with Crippen LogP contribution in [0.4, 0.5) is 0 Å². The third kappa shape index (κ3) is 1.74. The molecule has 0 radical (unpaired) electrons. The van der Waals surface area contributed by atoms with Gasteiger partial charge in [-0.25, -0.2) is 4.98 Å². The first-order valence-corrected chi connectivity index (χ1v) is 5.69. The highest BCUT2D eigenvalue weighted by Gasteiger charge is 2.13. The number of hydrogen-bond donors (Lipinski definition) is 1. The van der Waals surface area contributed by atoms with Gasteiger partial charge in [0.2, 0.25) is 0 Å². The van der Waals surface area contributed by atoms with Gasteiger partial charge >= 0.3 is 0 Å². The zero-order valence-electron chi connectivity index (χ0n) is 9.99. The fourth-order valence-electron chi connectivity index (χ4n) is 2.00. The smallest absolute Gasteiger partial charge is 0.129 e. The van der Waals surface area contributed by atoms with Crippen LogP contribution in [0.25, 0.3) is 11.0 Å². The van der Waals surface area contributed by atoms with Gasteiger partial charge in [0, 0.05) is 31.8 Å². The molecule has 2 N–H and O–H groups in total. The highest BCUT2D eigenvalue weighted by Crippen LogP contribution is 2.20. The Labute approximate surface area is 104 Å². The Morgan fingerprint density at radius 3 is 2.56 bits per heavy atom. The van der Waals surface area contributed by atoms with E-state index in [2.05, 4.69) is 15.0 Å². The number of imidazole rings is 1. The van der Waals surface area contributed by atoms with Gasteiger partial charge in [-0.15, -0.1) is 0 Å². The molecule has 0 spiro atoms. The van der Waals surface area contributed by atoms with Crippen LogP contribution in [0, 0.1) is 0 Å². The molecule has 0 saturated heterocycles. The maximum absolute atomic E-state index is 6.22. The second-order valence-corrected chi connectivity index (χ2v) is 4.18. The van der Waals surface area contributed by atoms with Crippen molar-refractivity contribution in [2.24, 2.45) is 12.8 Å². The molecule has 5 nitrogen and oxygen atoms in total. The minimum Gasteiger partial charge on any atom is -0.336 e. The maximum Gasteiger partial charge on any atom is 0.129 e. The Morgan fingerprint density at radius 1 is 1.06 bits per heavy atom. The molecule has 2 aromatic heterocycles. The molecule has 0 aliphatic heterocycles. The van der Waals surface area contributed by atoms with E-state index in [-0.39, 0.29) is 6.04 Å². The molecule has 18 heavy (non-hydrogen) atoms. The second-order valence-electron chi connectivity index (χ2n) is 4.18. The lowest BCUT2D eigenvalue weighted by Crippen LogP contribution is -2.16. The first kappa shape index (κ1) is 10.9. The summed E-state index contributed by atoms with van der Waals surface area (Å²) in [5.74, 6) is 0.832. The SMILES string of the molecule is Cn1ccnc1C(N)c1ccc2nccnc2c1. The van der Waals surface area contributed by atoms with Crippen LogP contribution in [0.3, 0.4) is 0 Å². The van der Waals surface area contributed by atoms with Gasteiger partial charge in [-0.2, -0.15) is 0 Å². The molecule has 0 aliphatic rings. The van der Waals surface area contributed by atoms with E-state index in [1.54, 1.807) is 18.6 Å². The van der Waals surface area contributed by atoms with Gasteiger partial charge in [-0.1, -0.05) is 6.07 Å². The number of aromatic nitrogens is 4. The van der Waals surface area contributed by atoms with Crippen LogP contribution in [0.2, 0.25) is 0 Å². The van der Waals surface area contributed by atoms with Crippen molar-refractivity contribution < 1.29 is 0 Å². The van der Waals surface area contributed by atoms with E-state index in [9.17, 15) is 0 Å².